The van der Waals surface area contributed by atoms with E-state index in [1.54, 1.807) is 57.4 Å². The molecule has 0 amide bonds. The summed E-state index contributed by atoms with van der Waals surface area (Å²) >= 11 is 0. The number of hydrogen-bond acceptors (Lipinski definition) is 7. The molecule has 0 aliphatic heterocycles. The summed E-state index contributed by atoms with van der Waals surface area (Å²) in [5.41, 5.74) is 2.83. The Morgan fingerprint density at radius 2 is 1.53 bits per heavy atom. The van der Waals surface area contributed by atoms with Gasteiger partial charge < -0.3 is 14.2 Å². The highest BCUT2D eigenvalue weighted by Gasteiger charge is 2.34. The Morgan fingerprint density at radius 1 is 0.972 bits per heavy atom. The Balaban J connectivity index is 2.61. The molecule has 0 fully saturated rings. The highest BCUT2D eigenvalue weighted by Crippen LogP contribution is 2.38. The molecule has 0 saturated heterocycles. The first-order valence-electron chi connectivity index (χ1n) is 11.6. The number of hydrogen-bond donors (Lipinski definition) is 1. The summed E-state index contributed by atoms with van der Waals surface area (Å²) in [6.07, 6.45) is 4.75. The monoisotopic (exact) mass is 517 g/mol. The van der Waals surface area contributed by atoms with E-state index in [4.69, 9.17) is 14.2 Å². The Labute approximate surface area is 213 Å². The van der Waals surface area contributed by atoms with Gasteiger partial charge in [-0.15, -0.1) is 0 Å². The van der Waals surface area contributed by atoms with E-state index in [1.807, 2.05) is 32.9 Å². The number of carbonyl (C=O) groups excluding carboxylic acids is 2. The molecule has 0 aliphatic rings. The molecule has 0 atom stereocenters. The third kappa shape index (κ3) is 7.84. The average molecular weight is 518 g/mol. The van der Waals surface area contributed by atoms with E-state index >= 15 is 0 Å². The number of rotatable bonds is 10. The number of methoxy groups -OCH3 is 1. The Morgan fingerprint density at radius 3 is 1.97 bits per heavy atom. The lowest BCUT2D eigenvalue weighted by Gasteiger charge is -2.26. The first-order valence-corrected chi connectivity index (χ1v) is 13.5. The molecule has 9 heteroatoms. The SMILES string of the molecule is CCOC(=O)C(C(=O)OCC)c1cc(C=Cc2ccc(NS(C)(=O)=O)cc2)c(OC)c(C(C)(C)C)c1. The van der Waals surface area contributed by atoms with Gasteiger partial charge in [0.15, 0.2) is 5.92 Å². The molecular weight excluding hydrogens is 482 g/mol. The molecule has 2 aromatic carbocycles. The molecular formula is C27H35NO7S. The molecule has 0 aromatic heterocycles. The van der Waals surface area contributed by atoms with Gasteiger partial charge in [-0.05, 0) is 48.6 Å². The van der Waals surface area contributed by atoms with E-state index in [0.29, 0.717) is 22.6 Å². The lowest BCUT2D eigenvalue weighted by Crippen LogP contribution is -2.27. The van der Waals surface area contributed by atoms with Crippen LogP contribution >= 0.6 is 0 Å². The second kappa shape index (κ2) is 12.1. The first-order chi connectivity index (χ1) is 16.8. The van der Waals surface area contributed by atoms with E-state index in [2.05, 4.69) is 4.72 Å². The van der Waals surface area contributed by atoms with Crippen molar-refractivity contribution in [3.63, 3.8) is 0 Å². The van der Waals surface area contributed by atoms with Gasteiger partial charge in [-0.25, -0.2) is 8.42 Å². The molecule has 1 N–H and O–H groups in total. The third-order valence-corrected chi connectivity index (χ3v) is 5.81. The molecule has 0 aliphatic carbocycles. The molecule has 36 heavy (non-hydrogen) atoms. The van der Waals surface area contributed by atoms with Gasteiger partial charge in [-0.3, -0.25) is 14.3 Å². The maximum Gasteiger partial charge on any atom is 0.324 e. The summed E-state index contributed by atoms with van der Waals surface area (Å²) in [5, 5.41) is 0. The first kappa shape index (κ1) is 28.9. The number of ether oxygens (including phenoxy) is 3. The summed E-state index contributed by atoms with van der Waals surface area (Å²) in [4.78, 5) is 25.6. The minimum absolute atomic E-state index is 0.133. The van der Waals surface area contributed by atoms with E-state index in [1.165, 1.54) is 0 Å². The van der Waals surface area contributed by atoms with Crippen molar-refractivity contribution in [2.24, 2.45) is 0 Å². The molecule has 2 aromatic rings. The van der Waals surface area contributed by atoms with Crippen LogP contribution in [0, 0.1) is 0 Å². The van der Waals surface area contributed by atoms with Crippen LogP contribution < -0.4 is 9.46 Å². The van der Waals surface area contributed by atoms with Crippen molar-refractivity contribution in [2.75, 3.05) is 31.3 Å². The van der Waals surface area contributed by atoms with E-state index < -0.39 is 27.9 Å². The van der Waals surface area contributed by atoms with Gasteiger partial charge >= 0.3 is 11.9 Å². The second-order valence-corrected chi connectivity index (χ2v) is 11.0. The zero-order valence-electron chi connectivity index (χ0n) is 21.9. The molecule has 2 rings (SSSR count). The lowest BCUT2D eigenvalue weighted by molar-refractivity contribution is -0.156. The van der Waals surface area contributed by atoms with Gasteiger partial charge in [0.2, 0.25) is 10.0 Å². The van der Waals surface area contributed by atoms with Crippen LogP contribution in [0.5, 0.6) is 5.75 Å². The van der Waals surface area contributed by atoms with Crippen LogP contribution in [-0.2, 0) is 34.5 Å². The van der Waals surface area contributed by atoms with Crippen LogP contribution in [0.2, 0.25) is 0 Å². The molecule has 0 bridgehead atoms. The second-order valence-electron chi connectivity index (χ2n) is 9.21. The molecule has 0 saturated carbocycles. The van der Waals surface area contributed by atoms with Crippen LogP contribution in [0.4, 0.5) is 5.69 Å². The summed E-state index contributed by atoms with van der Waals surface area (Å²) in [6.45, 7) is 9.67. The van der Waals surface area contributed by atoms with E-state index in [-0.39, 0.29) is 18.6 Å². The fourth-order valence-corrected chi connectivity index (χ4v) is 4.20. The highest BCUT2D eigenvalue weighted by molar-refractivity contribution is 7.92. The summed E-state index contributed by atoms with van der Waals surface area (Å²) in [5.74, 6) is -1.97. The molecule has 8 nitrogen and oxygen atoms in total. The minimum atomic E-state index is -3.37. The fraction of sp³-hybridized carbons (Fsp3) is 0.407. The van der Waals surface area contributed by atoms with Gasteiger partial charge in [-0.2, -0.15) is 0 Å². The number of sulfonamides is 1. The molecule has 196 valence electrons. The Bertz CT molecular complexity index is 1190. The standard InChI is InChI=1S/C27H35NO7S/c1-8-34-25(29)23(26(30)35-9-2)20-16-19(24(33-6)22(17-20)27(3,4)5)13-10-18-11-14-21(15-12-18)28-36(7,31)32/h10-17,23,28H,8-9H2,1-7H3. The number of anilines is 1. The molecule has 0 radical (unpaired) electrons. The summed E-state index contributed by atoms with van der Waals surface area (Å²) in [7, 11) is -1.80. The predicted molar refractivity (Wildman–Crippen MR) is 142 cm³/mol. The number of nitrogens with one attached hydrogen (secondary N) is 1. The molecule has 0 spiro atoms. The van der Waals surface area contributed by atoms with Crippen molar-refractivity contribution >= 4 is 39.8 Å². The zero-order chi connectivity index (χ0) is 27.1. The van der Waals surface area contributed by atoms with E-state index in [9.17, 15) is 18.0 Å². The van der Waals surface area contributed by atoms with Crippen LogP contribution in [0.3, 0.4) is 0 Å². The van der Waals surface area contributed by atoms with Gasteiger partial charge in [0.25, 0.3) is 0 Å². The van der Waals surface area contributed by atoms with Crippen molar-refractivity contribution < 1.29 is 32.2 Å². The zero-order valence-corrected chi connectivity index (χ0v) is 22.7. The van der Waals surface area contributed by atoms with Gasteiger partial charge in [-0.1, -0.05) is 51.1 Å². The van der Waals surface area contributed by atoms with Crippen LogP contribution in [0.15, 0.2) is 36.4 Å². The summed E-state index contributed by atoms with van der Waals surface area (Å²) in [6, 6.07) is 10.4. The average Bonchev–Trinajstić information content (AvgIpc) is 2.77. The largest absolute Gasteiger partial charge is 0.496 e. The van der Waals surface area contributed by atoms with E-state index in [0.717, 1.165) is 17.4 Å². The van der Waals surface area contributed by atoms with Gasteiger partial charge in [0.1, 0.15) is 5.75 Å². The highest BCUT2D eigenvalue weighted by atomic mass is 32.2. The maximum absolute atomic E-state index is 12.8. The number of esters is 2. The molecule has 0 unspecified atom stereocenters. The quantitative estimate of drug-likeness (QED) is 0.275. The lowest BCUT2D eigenvalue weighted by atomic mass is 9.82. The molecule has 0 heterocycles. The number of benzene rings is 2. The van der Waals surface area contributed by atoms with Crippen molar-refractivity contribution in [3.8, 4) is 5.75 Å². The topological polar surface area (TPSA) is 108 Å². The van der Waals surface area contributed by atoms with Crippen molar-refractivity contribution in [1.29, 1.82) is 0 Å². The van der Waals surface area contributed by atoms with Crippen LogP contribution in [0.25, 0.3) is 12.2 Å². The minimum Gasteiger partial charge on any atom is -0.496 e. The van der Waals surface area contributed by atoms with Crippen molar-refractivity contribution in [1.82, 2.24) is 0 Å². The Kier molecular flexibility index (Phi) is 9.69. The smallest absolute Gasteiger partial charge is 0.324 e. The fourth-order valence-electron chi connectivity index (χ4n) is 3.63. The normalized spacial score (nSPS) is 12.0. The predicted octanol–water partition coefficient (Wildman–Crippen LogP) is 4.74. The van der Waals surface area contributed by atoms with Gasteiger partial charge in [0, 0.05) is 16.8 Å². The van der Waals surface area contributed by atoms with Crippen molar-refractivity contribution in [3.05, 3.63) is 58.7 Å². The van der Waals surface area contributed by atoms with Crippen LogP contribution in [-0.4, -0.2) is 46.9 Å². The number of carbonyl (C=O) groups is 2. The van der Waals surface area contributed by atoms with Gasteiger partial charge in [0.05, 0.1) is 26.6 Å². The summed E-state index contributed by atoms with van der Waals surface area (Å²) < 4.78 is 41.4. The maximum atomic E-state index is 12.8. The Hall–Kier alpha value is -3.33. The third-order valence-electron chi connectivity index (χ3n) is 5.20. The van der Waals surface area contributed by atoms with Crippen molar-refractivity contribution in [2.45, 2.75) is 46.0 Å². The van der Waals surface area contributed by atoms with Crippen LogP contribution in [0.1, 0.15) is 62.8 Å².